The van der Waals surface area contributed by atoms with Crippen LogP contribution in [0.1, 0.15) is 18.1 Å². The first-order valence-electron chi connectivity index (χ1n) is 4.76. The third-order valence-electron chi connectivity index (χ3n) is 2.82. The molecule has 0 aromatic heterocycles. The van der Waals surface area contributed by atoms with Crippen LogP contribution in [0.5, 0.6) is 11.5 Å². The summed E-state index contributed by atoms with van der Waals surface area (Å²) in [5.74, 6) is -0.679. The molecule has 0 bridgehead atoms. The Labute approximate surface area is 112 Å². The van der Waals surface area contributed by atoms with Gasteiger partial charge in [0.1, 0.15) is 0 Å². The second kappa shape index (κ2) is 4.26. The highest BCUT2D eigenvalue weighted by atomic mass is 79.9. The van der Waals surface area contributed by atoms with Gasteiger partial charge in [-0.3, -0.25) is 0 Å². The number of phenolic OH excluding ortho intramolecular Hbond substituents is 2. The van der Waals surface area contributed by atoms with Gasteiger partial charge in [-0.25, -0.2) is 3.93 Å². The molecule has 0 saturated carbocycles. The molecule has 3 nitrogen and oxygen atoms in total. The summed E-state index contributed by atoms with van der Waals surface area (Å²) in [6.07, 6.45) is 0.674. The predicted molar refractivity (Wildman–Crippen MR) is 67.4 cm³/mol. The molecule has 16 heavy (non-hydrogen) atoms. The number of benzene rings is 1. The number of rotatable bonds is 0. The SMILES string of the molecule is CC1Cc2c(Cl)c(O)c(O)c(Cl)c2CN1Br. The third-order valence-corrected chi connectivity index (χ3v) is 4.59. The second-order valence-electron chi connectivity index (χ2n) is 3.89. The molecule has 0 saturated heterocycles. The van der Waals surface area contributed by atoms with Crippen molar-refractivity contribution in [1.82, 2.24) is 3.93 Å². The van der Waals surface area contributed by atoms with Crippen molar-refractivity contribution in [2.75, 3.05) is 0 Å². The fourth-order valence-electron chi connectivity index (χ4n) is 1.84. The van der Waals surface area contributed by atoms with E-state index in [1.807, 2.05) is 10.8 Å². The molecular formula is C10H10BrCl2NO2. The Morgan fingerprint density at radius 1 is 1.19 bits per heavy atom. The molecule has 1 heterocycles. The van der Waals surface area contributed by atoms with E-state index in [0.29, 0.717) is 13.0 Å². The molecular weight excluding hydrogens is 317 g/mol. The average Bonchev–Trinajstić information content (AvgIpc) is 2.26. The zero-order valence-electron chi connectivity index (χ0n) is 8.47. The van der Waals surface area contributed by atoms with Gasteiger partial charge in [0.15, 0.2) is 11.5 Å². The van der Waals surface area contributed by atoms with Crippen LogP contribution in [-0.2, 0) is 13.0 Å². The van der Waals surface area contributed by atoms with E-state index < -0.39 is 0 Å². The Morgan fingerprint density at radius 3 is 2.25 bits per heavy atom. The van der Waals surface area contributed by atoms with Crippen molar-refractivity contribution in [1.29, 1.82) is 0 Å². The molecule has 1 aliphatic rings. The highest BCUT2D eigenvalue weighted by Gasteiger charge is 2.29. The van der Waals surface area contributed by atoms with Crippen molar-refractivity contribution in [3.05, 3.63) is 21.2 Å². The Kier molecular flexibility index (Phi) is 3.27. The smallest absolute Gasteiger partial charge is 0.178 e. The molecule has 1 atom stereocenters. The molecule has 1 unspecified atom stereocenters. The van der Waals surface area contributed by atoms with Crippen molar-refractivity contribution in [2.45, 2.75) is 25.9 Å². The first-order valence-corrected chi connectivity index (χ1v) is 6.23. The molecule has 1 aromatic rings. The minimum absolute atomic E-state index is 0.174. The second-order valence-corrected chi connectivity index (χ2v) is 5.56. The standard InChI is InChI=1S/C10H10BrCl2NO2/c1-4-2-5-6(3-14(4)11)8(13)10(16)9(15)7(5)12/h4,15-16H,2-3H2,1H3. The lowest BCUT2D eigenvalue weighted by atomic mass is 9.95. The number of fused-ring (bicyclic) bond motifs is 1. The lowest BCUT2D eigenvalue weighted by Gasteiger charge is -2.31. The molecule has 6 heteroatoms. The van der Waals surface area contributed by atoms with E-state index in [9.17, 15) is 10.2 Å². The number of halogens is 3. The van der Waals surface area contributed by atoms with Crippen molar-refractivity contribution >= 4 is 39.3 Å². The van der Waals surface area contributed by atoms with Gasteiger partial charge in [0.2, 0.25) is 0 Å². The van der Waals surface area contributed by atoms with Crippen molar-refractivity contribution in [3.63, 3.8) is 0 Å². The Hall–Kier alpha value is -0.160. The maximum Gasteiger partial charge on any atom is 0.178 e. The number of phenols is 2. The molecule has 1 aliphatic heterocycles. The maximum absolute atomic E-state index is 9.60. The molecule has 0 fully saturated rings. The van der Waals surface area contributed by atoms with Crippen molar-refractivity contribution in [2.24, 2.45) is 0 Å². The largest absolute Gasteiger partial charge is 0.503 e. The first-order chi connectivity index (χ1) is 7.43. The van der Waals surface area contributed by atoms with Crippen LogP contribution >= 0.6 is 39.3 Å². The number of hydrogen-bond acceptors (Lipinski definition) is 3. The Morgan fingerprint density at radius 2 is 1.69 bits per heavy atom. The van der Waals surface area contributed by atoms with Gasteiger partial charge >= 0.3 is 0 Å². The minimum Gasteiger partial charge on any atom is -0.503 e. The zero-order valence-corrected chi connectivity index (χ0v) is 11.6. The van der Waals surface area contributed by atoms with E-state index in [2.05, 4.69) is 16.1 Å². The summed E-state index contributed by atoms with van der Waals surface area (Å²) < 4.78 is 1.94. The van der Waals surface area contributed by atoms with E-state index in [1.54, 1.807) is 0 Å². The van der Waals surface area contributed by atoms with Gasteiger partial charge in [0.25, 0.3) is 0 Å². The van der Waals surface area contributed by atoms with Gasteiger partial charge in [0.05, 0.1) is 10.0 Å². The van der Waals surface area contributed by atoms with Crippen LogP contribution in [0.25, 0.3) is 0 Å². The summed E-state index contributed by atoms with van der Waals surface area (Å²) in [6.45, 7) is 2.58. The monoisotopic (exact) mass is 325 g/mol. The van der Waals surface area contributed by atoms with Crippen LogP contribution in [0, 0.1) is 0 Å². The number of hydrogen-bond donors (Lipinski definition) is 2. The topological polar surface area (TPSA) is 43.7 Å². The highest BCUT2D eigenvalue weighted by molar-refractivity contribution is 9.07. The quantitative estimate of drug-likeness (QED) is 0.567. The van der Waals surface area contributed by atoms with Crippen LogP contribution < -0.4 is 0 Å². The van der Waals surface area contributed by atoms with E-state index in [4.69, 9.17) is 23.2 Å². The van der Waals surface area contributed by atoms with Crippen LogP contribution in [0.4, 0.5) is 0 Å². The fraction of sp³-hybridized carbons (Fsp3) is 0.400. The fourth-order valence-corrected chi connectivity index (χ4v) is 2.78. The normalized spacial score (nSPS) is 20.9. The third kappa shape index (κ3) is 1.78. The van der Waals surface area contributed by atoms with Gasteiger partial charge in [-0.2, -0.15) is 0 Å². The van der Waals surface area contributed by atoms with Gasteiger partial charge in [-0.1, -0.05) is 23.2 Å². The number of nitrogens with zero attached hydrogens (tertiary/aromatic N) is 1. The van der Waals surface area contributed by atoms with Crippen molar-refractivity contribution in [3.8, 4) is 11.5 Å². The molecule has 2 N–H and O–H groups in total. The van der Waals surface area contributed by atoms with Gasteiger partial charge < -0.3 is 10.2 Å². The first kappa shape index (κ1) is 12.3. The molecule has 2 rings (SSSR count). The molecule has 88 valence electrons. The number of aromatic hydroxyl groups is 2. The maximum atomic E-state index is 9.60. The lowest BCUT2D eigenvalue weighted by Crippen LogP contribution is -2.31. The molecule has 0 spiro atoms. The van der Waals surface area contributed by atoms with E-state index in [0.717, 1.165) is 11.1 Å². The predicted octanol–water partition coefficient (Wildman–Crippen LogP) is 3.46. The Balaban J connectivity index is 2.64. The van der Waals surface area contributed by atoms with Crippen LogP contribution in [-0.4, -0.2) is 20.2 Å². The summed E-state index contributed by atoms with van der Waals surface area (Å²) in [4.78, 5) is 0. The summed E-state index contributed by atoms with van der Waals surface area (Å²) in [5, 5.41) is 19.6. The van der Waals surface area contributed by atoms with Crippen LogP contribution in [0.2, 0.25) is 10.0 Å². The highest BCUT2D eigenvalue weighted by Crippen LogP contribution is 2.47. The molecule has 1 aromatic carbocycles. The van der Waals surface area contributed by atoms with Gasteiger partial charge in [0, 0.05) is 28.7 Å². The molecule has 0 radical (unpaired) electrons. The average molecular weight is 327 g/mol. The van der Waals surface area contributed by atoms with Crippen molar-refractivity contribution < 1.29 is 10.2 Å². The molecule has 0 amide bonds. The Bertz CT molecular complexity index is 412. The minimum atomic E-state index is -0.346. The van der Waals surface area contributed by atoms with Gasteiger partial charge in [-0.15, -0.1) is 0 Å². The summed E-state index contributed by atoms with van der Waals surface area (Å²) >= 11 is 15.4. The zero-order chi connectivity index (χ0) is 12.0. The van der Waals surface area contributed by atoms with Crippen LogP contribution in [0.3, 0.4) is 0 Å². The van der Waals surface area contributed by atoms with Gasteiger partial charge in [-0.05, 0) is 24.5 Å². The summed E-state index contributed by atoms with van der Waals surface area (Å²) in [7, 11) is 0. The van der Waals surface area contributed by atoms with Crippen LogP contribution in [0.15, 0.2) is 0 Å². The lowest BCUT2D eigenvalue weighted by molar-refractivity contribution is 0.350. The molecule has 0 aliphatic carbocycles. The van der Waals surface area contributed by atoms with E-state index >= 15 is 0 Å². The summed E-state index contributed by atoms with van der Waals surface area (Å²) in [6, 6.07) is 0.255. The van der Waals surface area contributed by atoms with E-state index in [-0.39, 0.29) is 27.6 Å². The summed E-state index contributed by atoms with van der Waals surface area (Å²) in [5.41, 5.74) is 1.57. The van der Waals surface area contributed by atoms with E-state index in [1.165, 1.54) is 0 Å².